The smallest absolute Gasteiger partial charge is 0.226 e. The van der Waals surface area contributed by atoms with Crippen molar-refractivity contribution in [1.29, 1.82) is 0 Å². The summed E-state index contributed by atoms with van der Waals surface area (Å²) in [6, 6.07) is 6.60. The summed E-state index contributed by atoms with van der Waals surface area (Å²) in [5, 5.41) is 0. The van der Waals surface area contributed by atoms with Crippen molar-refractivity contribution >= 4 is 11.8 Å². The lowest BCUT2D eigenvalue weighted by atomic mass is 9.91. The molecule has 2 amide bonds. The first-order chi connectivity index (χ1) is 12.6. The lowest BCUT2D eigenvalue weighted by Gasteiger charge is -2.39. The maximum absolute atomic E-state index is 13.3. The van der Waals surface area contributed by atoms with Crippen LogP contribution in [0, 0.1) is 11.7 Å². The average Bonchev–Trinajstić information content (AvgIpc) is 2.67. The topological polar surface area (TPSA) is 40.6 Å². The average molecular weight is 360 g/mol. The first kappa shape index (κ1) is 18.9. The molecule has 2 aliphatic rings. The number of benzene rings is 1. The molecule has 0 bridgehead atoms. The van der Waals surface area contributed by atoms with Gasteiger partial charge in [0.2, 0.25) is 11.8 Å². The van der Waals surface area contributed by atoms with Crippen LogP contribution in [-0.4, -0.2) is 47.3 Å². The van der Waals surface area contributed by atoms with Crippen molar-refractivity contribution in [2.24, 2.45) is 5.92 Å². The van der Waals surface area contributed by atoms with Crippen LogP contribution in [0.3, 0.4) is 0 Å². The number of carbonyl (C=O) groups excluding carboxylic acids is 2. The van der Waals surface area contributed by atoms with Crippen LogP contribution < -0.4 is 0 Å². The first-order valence-corrected chi connectivity index (χ1v) is 9.91. The van der Waals surface area contributed by atoms with Crippen molar-refractivity contribution in [2.45, 2.75) is 57.9 Å². The molecule has 1 unspecified atom stereocenters. The van der Waals surface area contributed by atoms with Gasteiger partial charge in [-0.2, -0.15) is 0 Å². The monoisotopic (exact) mass is 360 g/mol. The Morgan fingerprint density at radius 3 is 2.58 bits per heavy atom. The lowest BCUT2D eigenvalue weighted by molar-refractivity contribution is -0.143. The van der Waals surface area contributed by atoms with Gasteiger partial charge < -0.3 is 9.80 Å². The highest BCUT2D eigenvalue weighted by molar-refractivity contribution is 5.81. The Labute approximate surface area is 155 Å². The SMILES string of the molecule is CCC1CCCCN1C(=O)C1CCN(C(=O)Cc2cccc(F)c2)CC1. The Morgan fingerprint density at radius 1 is 1.12 bits per heavy atom. The van der Waals surface area contributed by atoms with E-state index in [1.807, 2.05) is 4.90 Å². The second-order valence-corrected chi connectivity index (χ2v) is 7.55. The van der Waals surface area contributed by atoms with Gasteiger partial charge in [0.1, 0.15) is 5.82 Å². The van der Waals surface area contributed by atoms with Gasteiger partial charge in [0.15, 0.2) is 0 Å². The predicted octanol–water partition coefficient (Wildman–Crippen LogP) is 3.40. The van der Waals surface area contributed by atoms with E-state index in [0.717, 1.165) is 38.6 Å². The van der Waals surface area contributed by atoms with Crippen molar-refractivity contribution in [1.82, 2.24) is 9.80 Å². The third-order valence-electron chi connectivity index (χ3n) is 5.82. The molecule has 2 fully saturated rings. The van der Waals surface area contributed by atoms with E-state index in [9.17, 15) is 14.0 Å². The molecule has 1 aromatic carbocycles. The van der Waals surface area contributed by atoms with Crippen molar-refractivity contribution < 1.29 is 14.0 Å². The van der Waals surface area contributed by atoms with Gasteiger partial charge in [0.05, 0.1) is 6.42 Å². The molecule has 26 heavy (non-hydrogen) atoms. The summed E-state index contributed by atoms with van der Waals surface area (Å²) in [6.07, 6.45) is 6.16. The molecular formula is C21H29FN2O2. The van der Waals surface area contributed by atoms with Crippen LogP contribution >= 0.6 is 0 Å². The first-order valence-electron chi connectivity index (χ1n) is 9.91. The Bertz CT molecular complexity index is 641. The summed E-state index contributed by atoms with van der Waals surface area (Å²) in [7, 11) is 0. The predicted molar refractivity (Wildman–Crippen MR) is 99.1 cm³/mol. The van der Waals surface area contributed by atoms with E-state index < -0.39 is 0 Å². The number of amides is 2. The molecule has 2 saturated heterocycles. The minimum atomic E-state index is -0.313. The summed E-state index contributed by atoms with van der Waals surface area (Å²) in [6.45, 7) is 4.28. The Hall–Kier alpha value is -1.91. The van der Waals surface area contributed by atoms with E-state index >= 15 is 0 Å². The third kappa shape index (κ3) is 4.43. The van der Waals surface area contributed by atoms with Crippen LogP contribution in [0.2, 0.25) is 0 Å². The van der Waals surface area contributed by atoms with Crippen molar-refractivity contribution in [3.05, 3.63) is 35.6 Å². The Balaban J connectivity index is 1.52. The maximum Gasteiger partial charge on any atom is 0.226 e. The minimum absolute atomic E-state index is 0.0194. The quantitative estimate of drug-likeness (QED) is 0.826. The molecule has 0 N–H and O–H groups in total. The summed E-state index contributed by atoms with van der Waals surface area (Å²) in [4.78, 5) is 29.3. The molecular weight excluding hydrogens is 331 g/mol. The Kier molecular flexibility index (Phi) is 6.28. The van der Waals surface area contributed by atoms with E-state index in [0.29, 0.717) is 24.7 Å². The fourth-order valence-corrected chi connectivity index (χ4v) is 4.26. The largest absolute Gasteiger partial charge is 0.342 e. The van der Waals surface area contributed by atoms with Gasteiger partial charge in [0.25, 0.3) is 0 Å². The number of rotatable bonds is 4. The summed E-state index contributed by atoms with van der Waals surface area (Å²) in [5.41, 5.74) is 0.701. The molecule has 0 spiro atoms. The van der Waals surface area contributed by atoms with Crippen LogP contribution in [0.5, 0.6) is 0 Å². The zero-order valence-electron chi connectivity index (χ0n) is 15.6. The normalized spacial score (nSPS) is 21.7. The highest BCUT2D eigenvalue weighted by atomic mass is 19.1. The van der Waals surface area contributed by atoms with Gasteiger partial charge in [-0.1, -0.05) is 19.1 Å². The summed E-state index contributed by atoms with van der Waals surface area (Å²) >= 11 is 0. The van der Waals surface area contributed by atoms with Gasteiger partial charge in [-0.15, -0.1) is 0 Å². The fourth-order valence-electron chi connectivity index (χ4n) is 4.26. The van der Waals surface area contributed by atoms with E-state index in [1.54, 1.807) is 12.1 Å². The fraction of sp³-hybridized carbons (Fsp3) is 0.619. The molecule has 5 heteroatoms. The number of hydrogen-bond donors (Lipinski definition) is 0. The molecule has 1 atom stereocenters. The molecule has 0 aliphatic carbocycles. The number of piperidine rings is 2. The second kappa shape index (κ2) is 8.65. The van der Waals surface area contributed by atoms with E-state index in [-0.39, 0.29) is 30.0 Å². The second-order valence-electron chi connectivity index (χ2n) is 7.55. The third-order valence-corrected chi connectivity index (χ3v) is 5.82. The van der Waals surface area contributed by atoms with Gasteiger partial charge in [-0.05, 0) is 56.2 Å². The molecule has 3 rings (SSSR count). The molecule has 0 saturated carbocycles. The van der Waals surface area contributed by atoms with Gasteiger partial charge in [-0.3, -0.25) is 9.59 Å². The van der Waals surface area contributed by atoms with Gasteiger partial charge >= 0.3 is 0 Å². The molecule has 0 radical (unpaired) electrons. The number of carbonyl (C=O) groups is 2. The zero-order valence-corrected chi connectivity index (χ0v) is 15.6. The van der Waals surface area contributed by atoms with Crippen molar-refractivity contribution in [3.63, 3.8) is 0 Å². The zero-order chi connectivity index (χ0) is 18.5. The minimum Gasteiger partial charge on any atom is -0.342 e. The maximum atomic E-state index is 13.3. The van der Waals surface area contributed by atoms with Crippen molar-refractivity contribution in [3.8, 4) is 0 Å². The van der Waals surface area contributed by atoms with Gasteiger partial charge in [0, 0.05) is 31.6 Å². The lowest BCUT2D eigenvalue weighted by Crippen LogP contribution is -2.49. The molecule has 4 nitrogen and oxygen atoms in total. The Morgan fingerprint density at radius 2 is 1.88 bits per heavy atom. The van der Waals surface area contributed by atoms with Crippen LogP contribution in [0.1, 0.15) is 51.0 Å². The standard InChI is InChI=1S/C21H29FN2O2/c1-2-19-8-3-4-11-24(19)21(26)17-9-12-23(13-10-17)20(25)15-16-6-5-7-18(22)14-16/h5-7,14,17,19H,2-4,8-13,15H2,1H3. The van der Waals surface area contributed by atoms with Crippen LogP contribution in [0.15, 0.2) is 24.3 Å². The van der Waals surface area contributed by atoms with E-state index in [2.05, 4.69) is 11.8 Å². The number of likely N-dealkylation sites (tertiary alicyclic amines) is 2. The van der Waals surface area contributed by atoms with Crippen LogP contribution in [0.4, 0.5) is 4.39 Å². The highest BCUT2D eigenvalue weighted by Crippen LogP contribution is 2.26. The molecule has 142 valence electrons. The summed E-state index contributed by atoms with van der Waals surface area (Å²) in [5.74, 6) is 0.0340. The number of nitrogens with zero attached hydrogens (tertiary/aromatic N) is 2. The molecule has 0 aromatic heterocycles. The van der Waals surface area contributed by atoms with E-state index in [1.165, 1.54) is 18.6 Å². The number of hydrogen-bond acceptors (Lipinski definition) is 2. The van der Waals surface area contributed by atoms with Crippen LogP contribution in [-0.2, 0) is 16.0 Å². The van der Waals surface area contributed by atoms with E-state index in [4.69, 9.17) is 0 Å². The van der Waals surface area contributed by atoms with Gasteiger partial charge in [-0.25, -0.2) is 4.39 Å². The molecule has 2 aliphatic heterocycles. The number of halogens is 1. The molecule has 2 heterocycles. The molecule has 1 aromatic rings. The van der Waals surface area contributed by atoms with Crippen LogP contribution in [0.25, 0.3) is 0 Å². The van der Waals surface area contributed by atoms with Crippen molar-refractivity contribution in [2.75, 3.05) is 19.6 Å². The summed E-state index contributed by atoms with van der Waals surface area (Å²) < 4.78 is 13.3. The highest BCUT2D eigenvalue weighted by Gasteiger charge is 2.33.